The van der Waals surface area contributed by atoms with Crippen LogP contribution in [0.15, 0.2) is 57.9 Å². The quantitative estimate of drug-likeness (QED) is 0.533. The normalized spacial score (nSPS) is 11.1. The molecule has 2 rings (SSSR count). The molecule has 144 valence electrons. The van der Waals surface area contributed by atoms with Crippen LogP contribution >= 0.6 is 15.9 Å². The third kappa shape index (κ3) is 6.78. The number of rotatable bonds is 9. The maximum Gasteiger partial charge on any atom is 0.248 e. The van der Waals surface area contributed by atoms with Gasteiger partial charge in [0.05, 0.1) is 4.90 Å². The molecule has 7 nitrogen and oxygen atoms in total. The van der Waals surface area contributed by atoms with E-state index < -0.39 is 15.9 Å². The summed E-state index contributed by atoms with van der Waals surface area (Å²) in [6.07, 6.45) is 0.564. The summed E-state index contributed by atoms with van der Waals surface area (Å²) >= 11 is 3.24. The van der Waals surface area contributed by atoms with Gasteiger partial charge in [-0.05, 0) is 48.4 Å². The van der Waals surface area contributed by atoms with Gasteiger partial charge < -0.3 is 11.1 Å². The van der Waals surface area contributed by atoms with Crippen molar-refractivity contribution in [1.29, 1.82) is 0 Å². The second-order valence-corrected chi connectivity index (χ2v) is 8.45. The van der Waals surface area contributed by atoms with Crippen molar-refractivity contribution in [3.63, 3.8) is 0 Å². The van der Waals surface area contributed by atoms with E-state index in [1.165, 1.54) is 12.1 Å². The van der Waals surface area contributed by atoms with Crippen molar-refractivity contribution >= 4 is 37.8 Å². The van der Waals surface area contributed by atoms with Crippen LogP contribution in [0.1, 0.15) is 22.3 Å². The highest BCUT2D eigenvalue weighted by atomic mass is 79.9. The molecular formula is C18H20BrN3O4S. The summed E-state index contributed by atoms with van der Waals surface area (Å²) in [7, 11) is -3.64. The van der Waals surface area contributed by atoms with Crippen LogP contribution in [0.3, 0.4) is 0 Å². The summed E-state index contributed by atoms with van der Waals surface area (Å²) in [4.78, 5) is 23.1. The highest BCUT2D eigenvalue weighted by Crippen LogP contribution is 2.14. The third-order valence-corrected chi connectivity index (χ3v) is 5.72. The minimum Gasteiger partial charge on any atom is -0.366 e. The fraction of sp³-hybridized carbons (Fsp3) is 0.222. The summed E-state index contributed by atoms with van der Waals surface area (Å²) in [5.41, 5.74) is 6.53. The molecule has 0 unspecified atom stereocenters. The van der Waals surface area contributed by atoms with E-state index in [0.29, 0.717) is 18.5 Å². The molecule has 2 aromatic rings. The highest BCUT2D eigenvalue weighted by molar-refractivity contribution is 9.10. The molecule has 4 N–H and O–H groups in total. The molecule has 0 bridgehead atoms. The molecule has 2 amide bonds. The third-order valence-electron chi connectivity index (χ3n) is 3.72. The van der Waals surface area contributed by atoms with E-state index in [4.69, 9.17) is 5.73 Å². The molecule has 0 radical (unpaired) electrons. The number of carbonyl (C=O) groups excluding carboxylic acids is 2. The van der Waals surface area contributed by atoms with E-state index in [-0.39, 0.29) is 23.8 Å². The monoisotopic (exact) mass is 453 g/mol. The number of hydrogen-bond acceptors (Lipinski definition) is 4. The van der Waals surface area contributed by atoms with Crippen molar-refractivity contribution in [2.24, 2.45) is 5.73 Å². The van der Waals surface area contributed by atoms with Crippen LogP contribution in [0.4, 0.5) is 0 Å². The molecule has 0 fully saturated rings. The molecule has 2 aromatic carbocycles. The zero-order valence-corrected chi connectivity index (χ0v) is 16.8. The van der Waals surface area contributed by atoms with Gasteiger partial charge in [-0.2, -0.15) is 0 Å². The number of halogens is 1. The molecule has 0 aliphatic carbocycles. The smallest absolute Gasteiger partial charge is 0.248 e. The van der Waals surface area contributed by atoms with Crippen molar-refractivity contribution in [3.05, 3.63) is 64.1 Å². The standard InChI is InChI=1S/C18H20BrN3O4S/c19-15-4-6-16(7-5-15)27(25,26)22-11-9-17(23)21-10-8-13-2-1-3-14(12-13)18(20)24/h1-7,12,22H,8-11H2,(H2,20,24)(H,21,23). The molecule has 27 heavy (non-hydrogen) atoms. The number of amides is 2. The molecule has 0 aliphatic rings. The van der Waals surface area contributed by atoms with Gasteiger partial charge >= 0.3 is 0 Å². The number of benzene rings is 2. The van der Waals surface area contributed by atoms with E-state index >= 15 is 0 Å². The van der Waals surface area contributed by atoms with Crippen LogP contribution in [0, 0.1) is 0 Å². The lowest BCUT2D eigenvalue weighted by Crippen LogP contribution is -2.31. The second kappa shape index (κ2) is 9.63. The number of nitrogens with two attached hydrogens (primary N) is 1. The molecule has 0 atom stereocenters. The lowest BCUT2D eigenvalue weighted by atomic mass is 10.1. The Labute approximate surface area is 166 Å². The minimum atomic E-state index is -3.64. The van der Waals surface area contributed by atoms with Crippen LogP contribution < -0.4 is 15.8 Å². The summed E-state index contributed by atoms with van der Waals surface area (Å²) in [6.45, 7) is 0.377. The fourth-order valence-electron chi connectivity index (χ4n) is 2.31. The van der Waals surface area contributed by atoms with E-state index in [2.05, 4.69) is 26.0 Å². The molecule has 9 heteroatoms. The van der Waals surface area contributed by atoms with Crippen molar-refractivity contribution in [3.8, 4) is 0 Å². The first-order valence-corrected chi connectivity index (χ1v) is 10.5. The molecule has 0 aromatic heterocycles. The maximum absolute atomic E-state index is 12.1. The Morgan fingerprint density at radius 3 is 2.41 bits per heavy atom. The molecule has 0 aliphatic heterocycles. The van der Waals surface area contributed by atoms with E-state index in [9.17, 15) is 18.0 Å². The minimum absolute atomic E-state index is 0.00138. The van der Waals surface area contributed by atoms with Crippen molar-refractivity contribution < 1.29 is 18.0 Å². The summed E-state index contributed by atoms with van der Waals surface area (Å²) in [5.74, 6) is -0.765. The average molecular weight is 454 g/mol. The van der Waals surface area contributed by atoms with E-state index in [1.807, 2.05) is 6.07 Å². The summed E-state index contributed by atoms with van der Waals surface area (Å²) in [5, 5.41) is 2.72. The van der Waals surface area contributed by atoms with Crippen LogP contribution in [-0.4, -0.2) is 33.3 Å². The second-order valence-electron chi connectivity index (χ2n) is 5.77. The van der Waals surface area contributed by atoms with Crippen LogP contribution in [0.5, 0.6) is 0 Å². The molecular weight excluding hydrogens is 434 g/mol. The first kappa shape index (κ1) is 21.1. The van der Waals surface area contributed by atoms with Crippen LogP contribution in [0.25, 0.3) is 0 Å². The Bertz CT molecular complexity index is 914. The van der Waals surface area contributed by atoms with Gasteiger partial charge in [0.1, 0.15) is 0 Å². The molecule has 0 spiro atoms. The van der Waals surface area contributed by atoms with Gasteiger partial charge in [0.25, 0.3) is 0 Å². The Hall–Kier alpha value is -2.23. The van der Waals surface area contributed by atoms with Gasteiger partial charge in [0.15, 0.2) is 0 Å². The zero-order valence-electron chi connectivity index (χ0n) is 14.4. The SMILES string of the molecule is NC(=O)c1cccc(CCNC(=O)CCNS(=O)(=O)c2ccc(Br)cc2)c1. The highest BCUT2D eigenvalue weighted by Gasteiger charge is 2.13. The predicted molar refractivity (Wildman–Crippen MR) is 106 cm³/mol. The number of nitrogens with one attached hydrogen (secondary N) is 2. The van der Waals surface area contributed by atoms with Gasteiger partial charge in [-0.3, -0.25) is 9.59 Å². The van der Waals surface area contributed by atoms with E-state index in [0.717, 1.165) is 10.0 Å². The fourth-order valence-corrected chi connectivity index (χ4v) is 3.61. The van der Waals surface area contributed by atoms with Crippen molar-refractivity contribution in [2.45, 2.75) is 17.7 Å². The molecule has 0 saturated carbocycles. The Balaban J connectivity index is 1.74. The van der Waals surface area contributed by atoms with Crippen molar-refractivity contribution in [2.75, 3.05) is 13.1 Å². The van der Waals surface area contributed by atoms with Gasteiger partial charge in [0.2, 0.25) is 21.8 Å². The summed E-state index contributed by atoms with van der Waals surface area (Å²) in [6, 6.07) is 13.1. The zero-order chi connectivity index (χ0) is 19.9. The number of sulfonamides is 1. The number of primary amides is 1. The van der Waals surface area contributed by atoms with Gasteiger partial charge in [-0.25, -0.2) is 13.1 Å². The largest absolute Gasteiger partial charge is 0.366 e. The van der Waals surface area contributed by atoms with Gasteiger partial charge in [-0.15, -0.1) is 0 Å². The molecule has 0 saturated heterocycles. The topological polar surface area (TPSA) is 118 Å². The summed E-state index contributed by atoms with van der Waals surface area (Å²) < 4.78 is 27.4. The average Bonchev–Trinajstić information content (AvgIpc) is 2.62. The van der Waals surface area contributed by atoms with E-state index in [1.54, 1.807) is 30.3 Å². The molecule has 0 heterocycles. The maximum atomic E-state index is 12.1. The first-order valence-electron chi connectivity index (χ1n) is 8.18. The Morgan fingerprint density at radius 1 is 1.04 bits per heavy atom. The Kier molecular flexibility index (Phi) is 7.52. The number of carbonyl (C=O) groups is 2. The Morgan fingerprint density at radius 2 is 1.74 bits per heavy atom. The lowest BCUT2D eigenvalue weighted by molar-refractivity contribution is -0.120. The predicted octanol–water partition coefficient (Wildman–Crippen LogP) is 1.58. The van der Waals surface area contributed by atoms with Gasteiger partial charge in [-0.1, -0.05) is 28.1 Å². The van der Waals surface area contributed by atoms with Gasteiger partial charge in [0, 0.05) is 29.5 Å². The first-order chi connectivity index (χ1) is 12.8. The van der Waals surface area contributed by atoms with Crippen molar-refractivity contribution in [1.82, 2.24) is 10.0 Å². The lowest BCUT2D eigenvalue weighted by Gasteiger charge is -2.08. The number of hydrogen-bond donors (Lipinski definition) is 3. The van der Waals surface area contributed by atoms with Crippen LogP contribution in [0.2, 0.25) is 0 Å². The van der Waals surface area contributed by atoms with Crippen LogP contribution in [-0.2, 0) is 21.2 Å².